The van der Waals surface area contributed by atoms with E-state index in [0.717, 1.165) is 6.07 Å². The number of allylic oxidation sites excluding steroid dienone is 1. The van der Waals surface area contributed by atoms with Crippen LogP contribution in [0.25, 0.3) is 6.08 Å². The summed E-state index contributed by atoms with van der Waals surface area (Å²) in [5.74, 6) is -0.581. The van der Waals surface area contributed by atoms with Crippen LogP contribution in [0, 0.1) is 0 Å². The van der Waals surface area contributed by atoms with Gasteiger partial charge >= 0.3 is 0 Å². The van der Waals surface area contributed by atoms with Crippen molar-refractivity contribution in [3.63, 3.8) is 0 Å². The number of carbonyl (C=O) groups is 1. The Kier molecular flexibility index (Phi) is 3.52. The largest absolute Gasteiger partial charge is 0.508 e. The Morgan fingerprint density at radius 1 is 0.895 bits per heavy atom. The molecular formula is C15H12O4. The van der Waals surface area contributed by atoms with Crippen molar-refractivity contribution >= 4 is 11.9 Å². The second kappa shape index (κ2) is 5.27. The van der Waals surface area contributed by atoms with Crippen molar-refractivity contribution in [2.75, 3.05) is 0 Å². The second-order valence-electron chi connectivity index (χ2n) is 4.03. The minimum Gasteiger partial charge on any atom is -0.508 e. The number of carbonyl (C=O) groups excluding carboxylic acids is 1. The Morgan fingerprint density at radius 2 is 1.58 bits per heavy atom. The number of hydrogen-bond acceptors (Lipinski definition) is 4. The van der Waals surface area contributed by atoms with Gasteiger partial charge in [-0.25, -0.2) is 0 Å². The molecule has 0 radical (unpaired) electrons. The van der Waals surface area contributed by atoms with Crippen LogP contribution in [0.2, 0.25) is 0 Å². The zero-order valence-electron chi connectivity index (χ0n) is 9.95. The zero-order chi connectivity index (χ0) is 13.8. The Morgan fingerprint density at radius 3 is 2.21 bits per heavy atom. The summed E-state index contributed by atoms with van der Waals surface area (Å²) in [5.41, 5.74) is 0.867. The molecule has 0 atom stereocenters. The minimum atomic E-state index is -0.352. The van der Waals surface area contributed by atoms with Gasteiger partial charge in [-0.2, -0.15) is 0 Å². The summed E-state index contributed by atoms with van der Waals surface area (Å²) in [6, 6.07) is 10.2. The molecule has 4 nitrogen and oxygen atoms in total. The van der Waals surface area contributed by atoms with Crippen molar-refractivity contribution in [3.05, 3.63) is 59.7 Å². The molecule has 2 aromatic rings. The lowest BCUT2D eigenvalue weighted by Crippen LogP contribution is -1.93. The lowest BCUT2D eigenvalue weighted by molar-refractivity contribution is 0.104. The first-order valence-corrected chi connectivity index (χ1v) is 5.59. The van der Waals surface area contributed by atoms with E-state index in [2.05, 4.69) is 0 Å². The van der Waals surface area contributed by atoms with Crippen LogP contribution in [-0.2, 0) is 0 Å². The van der Waals surface area contributed by atoms with Gasteiger partial charge in [0.25, 0.3) is 0 Å². The molecule has 2 rings (SSSR count). The zero-order valence-corrected chi connectivity index (χ0v) is 9.95. The maximum Gasteiger partial charge on any atom is 0.186 e. The van der Waals surface area contributed by atoms with E-state index in [1.165, 1.54) is 30.3 Å². The number of ketones is 1. The molecule has 0 unspecified atom stereocenters. The highest BCUT2D eigenvalue weighted by atomic mass is 16.3. The average molecular weight is 256 g/mol. The lowest BCUT2D eigenvalue weighted by Gasteiger charge is -1.99. The molecule has 0 amide bonds. The molecule has 0 aliphatic rings. The molecule has 0 aromatic heterocycles. The van der Waals surface area contributed by atoms with Gasteiger partial charge in [-0.15, -0.1) is 0 Å². The molecule has 19 heavy (non-hydrogen) atoms. The number of rotatable bonds is 3. The first kappa shape index (κ1) is 12.7. The molecule has 0 saturated carbocycles. The molecule has 2 aromatic carbocycles. The van der Waals surface area contributed by atoms with Gasteiger partial charge in [-0.05, 0) is 35.9 Å². The first-order chi connectivity index (χ1) is 9.04. The molecule has 0 aliphatic heterocycles. The summed E-state index contributed by atoms with van der Waals surface area (Å²) in [5, 5.41) is 27.9. The Hall–Kier alpha value is -2.75. The van der Waals surface area contributed by atoms with Gasteiger partial charge < -0.3 is 15.3 Å². The van der Waals surface area contributed by atoms with Crippen molar-refractivity contribution in [1.82, 2.24) is 0 Å². The Bertz CT molecular complexity index is 624. The molecule has 0 spiro atoms. The van der Waals surface area contributed by atoms with E-state index >= 15 is 0 Å². The van der Waals surface area contributed by atoms with Crippen molar-refractivity contribution in [2.24, 2.45) is 0 Å². The highest BCUT2D eigenvalue weighted by molar-refractivity contribution is 6.07. The van der Waals surface area contributed by atoms with Crippen molar-refractivity contribution in [1.29, 1.82) is 0 Å². The van der Waals surface area contributed by atoms with Gasteiger partial charge in [0.15, 0.2) is 5.78 Å². The molecule has 4 heteroatoms. The van der Waals surface area contributed by atoms with Crippen molar-refractivity contribution in [3.8, 4) is 17.2 Å². The van der Waals surface area contributed by atoms with Gasteiger partial charge in [0, 0.05) is 11.6 Å². The fourth-order valence-electron chi connectivity index (χ4n) is 1.63. The molecule has 96 valence electrons. The van der Waals surface area contributed by atoms with Gasteiger partial charge in [0.1, 0.15) is 17.2 Å². The summed E-state index contributed by atoms with van der Waals surface area (Å²) in [6.07, 6.45) is 2.85. The number of benzene rings is 2. The van der Waals surface area contributed by atoms with Crippen LogP contribution in [0.3, 0.4) is 0 Å². The third kappa shape index (κ3) is 3.35. The molecule has 3 N–H and O–H groups in total. The standard InChI is InChI=1S/C15H12O4/c16-12-3-1-2-10(6-12)4-5-15(19)11-7-13(17)9-14(18)8-11/h1-9,16-18H/b5-4+. The maximum absolute atomic E-state index is 11.8. The highest BCUT2D eigenvalue weighted by Gasteiger charge is 2.05. The highest BCUT2D eigenvalue weighted by Crippen LogP contribution is 2.21. The third-order valence-corrected chi connectivity index (χ3v) is 2.48. The molecular weight excluding hydrogens is 244 g/mol. The monoisotopic (exact) mass is 256 g/mol. The molecule has 0 heterocycles. The van der Waals surface area contributed by atoms with Gasteiger partial charge in [0.2, 0.25) is 0 Å². The fourth-order valence-corrected chi connectivity index (χ4v) is 1.63. The van der Waals surface area contributed by atoms with Crippen LogP contribution < -0.4 is 0 Å². The van der Waals surface area contributed by atoms with E-state index in [4.69, 9.17) is 0 Å². The fraction of sp³-hybridized carbons (Fsp3) is 0. The van der Waals surface area contributed by atoms with E-state index in [1.54, 1.807) is 18.2 Å². The normalized spacial score (nSPS) is 10.7. The van der Waals surface area contributed by atoms with Gasteiger partial charge in [0.05, 0.1) is 0 Å². The van der Waals surface area contributed by atoms with Crippen LogP contribution in [0.1, 0.15) is 15.9 Å². The topological polar surface area (TPSA) is 77.8 Å². The number of aromatic hydroxyl groups is 3. The second-order valence-corrected chi connectivity index (χ2v) is 4.03. The molecule has 0 bridgehead atoms. The van der Waals surface area contributed by atoms with E-state index in [1.807, 2.05) is 0 Å². The smallest absolute Gasteiger partial charge is 0.186 e. The molecule has 0 fully saturated rings. The number of hydrogen-bond donors (Lipinski definition) is 3. The van der Waals surface area contributed by atoms with E-state index in [9.17, 15) is 20.1 Å². The summed E-state index contributed by atoms with van der Waals surface area (Å²) in [7, 11) is 0. The van der Waals surface area contributed by atoms with Crippen LogP contribution in [0.15, 0.2) is 48.5 Å². The van der Waals surface area contributed by atoms with Gasteiger partial charge in [-0.1, -0.05) is 18.2 Å². The number of phenols is 3. The van der Waals surface area contributed by atoms with Crippen molar-refractivity contribution in [2.45, 2.75) is 0 Å². The third-order valence-electron chi connectivity index (χ3n) is 2.48. The quantitative estimate of drug-likeness (QED) is 0.583. The SMILES string of the molecule is O=C(/C=C/c1cccc(O)c1)c1cc(O)cc(O)c1. The van der Waals surface area contributed by atoms with Crippen molar-refractivity contribution < 1.29 is 20.1 Å². The van der Waals surface area contributed by atoms with Gasteiger partial charge in [-0.3, -0.25) is 4.79 Å². The first-order valence-electron chi connectivity index (χ1n) is 5.59. The predicted octanol–water partition coefficient (Wildman–Crippen LogP) is 2.70. The number of phenolic OH excluding ortho intramolecular Hbond substituents is 3. The summed E-state index contributed by atoms with van der Waals surface area (Å²) in [6.45, 7) is 0. The van der Waals surface area contributed by atoms with Crippen LogP contribution in [-0.4, -0.2) is 21.1 Å². The van der Waals surface area contributed by atoms with Crippen LogP contribution >= 0.6 is 0 Å². The maximum atomic E-state index is 11.8. The van der Waals surface area contributed by atoms with E-state index in [-0.39, 0.29) is 28.6 Å². The van der Waals surface area contributed by atoms with Crippen LogP contribution in [0.5, 0.6) is 17.2 Å². The minimum absolute atomic E-state index is 0.115. The lowest BCUT2D eigenvalue weighted by atomic mass is 10.1. The van der Waals surface area contributed by atoms with E-state index < -0.39 is 0 Å². The molecule has 0 aliphatic carbocycles. The summed E-state index contributed by atoms with van der Waals surface area (Å²) >= 11 is 0. The predicted molar refractivity (Wildman–Crippen MR) is 71.2 cm³/mol. The summed E-state index contributed by atoms with van der Waals surface area (Å²) in [4.78, 5) is 11.8. The Balaban J connectivity index is 2.21. The Labute approximate surface area is 109 Å². The molecule has 0 saturated heterocycles. The summed E-state index contributed by atoms with van der Waals surface area (Å²) < 4.78 is 0. The average Bonchev–Trinajstić information content (AvgIpc) is 2.35. The van der Waals surface area contributed by atoms with Crippen LogP contribution in [0.4, 0.5) is 0 Å². The van der Waals surface area contributed by atoms with E-state index in [0.29, 0.717) is 5.56 Å².